The van der Waals surface area contributed by atoms with Crippen LogP contribution < -0.4 is 14.8 Å². The van der Waals surface area contributed by atoms with Crippen molar-refractivity contribution < 1.29 is 19.1 Å². The van der Waals surface area contributed by atoms with Gasteiger partial charge in [-0.2, -0.15) is 0 Å². The number of hydrogen-bond acceptors (Lipinski definition) is 4. The van der Waals surface area contributed by atoms with Gasteiger partial charge in [0.25, 0.3) is 0 Å². The predicted molar refractivity (Wildman–Crippen MR) is 100 cm³/mol. The van der Waals surface area contributed by atoms with E-state index in [0.29, 0.717) is 31.1 Å². The molecule has 1 heterocycles. The van der Waals surface area contributed by atoms with Crippen LogP contribution >= 0.6 is 0 Å². The van der Waals surface area contributed by atoms with Crippen LogP contribution in [0, 0.1) is 11.8 Å². The third-order valence-electron chi connectivity index (χ3n) is 4.85. The fraction of sp³-hybridized carbons (Fsp3) is 0.600. The van der Waals surface area contributed by atoms with Crippen LogP contribution in [0.1, 0.15) is 38.7 Å². The molecule has 2 amide bonds. The number of carbonyl (C=O) groups is 2. The van der Waals surface area contributed by atoms with Gasteiger partial charge in [-0.25, -0.2) is 0 Å². The zero-order valence-corrected chi connectivity index (χ0v) is 16.4. The first kappa shape index (κ1) is 20.1. The number of methoxy groups -OCH3 is 2. The number of ether oxygens (including phenoxy) is 2. The number of amides is 2. The van der Waals surface area contributed by atoms with Crippen LogP contribution in [0.4, 0.5) is 0 Å². The molecule has 1 aromatic carbocycles. The Kier molecular flexibility index (Phi) is 6.89. The summed E-state index contributed by atoms with van der Waals surface area (Å²) in [4.78, 5) is 27.1. The molecule has 1 aromatic rings. The van der Waals surface area contributed by atoms with Crippen LogP contribution in [0.25, 0.3) is 0 Å². The van der Waals surface area contributed by atoms with Crippen molar-refractivity contribution in [3.8, 4) is 11.5 Å². The van der Waals surface area contributed by atoms with Gasteiger partial charge in [0.05, 0.1) is 20.1 Å². The summed E-state index contributed by atoms with van der Waals surface area (Å²) in [5.74, 6) is 0.957. The molecule has 1 aliphatic heterocycles. The molecule has 144 valence electrons. The zero-order chi connectivity index (χ0) is 19.3. The molecule has 1 saturated heterocycles. The highest BCUT2D eigenvalue weighted by Crippen LogP contribution is 2.39. The molecule has 1 fully saturated rings. The summed E-state index contributed by atoms with van der Waals surface area (Å²) < 4.78 is 10.9. The first-order valence-corrected chi connectivity index (χ1v) is 9.21. The van der Waals surface area contributed by atoms with E-state index < -0.39 is 0 Å². The quantitative estimate of drug-likeness (QED) is 0.809. The van der Waals surface area contributed by atoms with E-state index in [-0.39, 0.29) is 29.6 Å². The van der Waals surface area contributed by atoms with Gasteiger partial charge in [0.2, 0.25) is 11.8 Å². The van der Waals surface area contributed by atoms with E-state index in [0.717, 1.165) is 12.0 Å². The maximum Gasteiger partial charge on any atom is 0.225 e. The number of nitrogens with one attached hydrogen (secondary N) is 1. The van der Waals surface area contributed by atoms with Gasteiger partial charge in [-0.3, -0.25) is 9.59 Å². The minimum atomic E-state index is -0.301. The number of carbonyl (C=O) groups excluding carboxylic acids is 2. The molecule has 0 spiro atoms. The van der Waals surface area contributed by atoms with Gasteiger partial charge < -0.3 is 19.7 Å². The second-order valence-corrected chi connectivity index (χ2v) is 7.01. The zero-order valence-electron chi connectivity index (χ0n) is 16.4. The summed E-state index contributed by atoms with van der Waals surface area (Å²) in [6, 6.07) is 5.59. The lowest BCUT2D eigenvalue weighted by Crippen LogP contribution is -2.36. The first-order chi connectivity index (χ1) is 12.4. The van der Waals surface area contributed by atoms with E-state index in [1.165, 1.54) is 0 Å². The topological polar surface area (TPSA) is 67.9 Å². The normalized spacial score (nSPS) is 19.5. The second kappa shape index (κ2) is 8.92. The van der Waals surface area contributed by atoms with E-state index in [9.17, 15) is 9.59 Å². The average molecular weight is 362 g/mol. The van der Waals surface area contributed by atoms with Crippen LogP contribution in [0.3, 0.4) is 0 Å². The van der Waals surface area contributed by atoms with Crippen molar-refractivity contribution >= 4 is 11.8 Å². The van der Waals surface area contributed by atoms with Gasteiger partial charge in [-0.1, -0.05) is 20.8 Å². The average Bonchev–Trinajstić information content (AvgIpc) is 3.09. The molecule has 1 aliphatic rings. The summed E-state index contributed by atoms with van der Waals surface area (Å²) in [7, 11) is 3.23. The van der Waals surface area contributed by atoms with Gasteiger partial charge in [0, 0.05) is 37.0 Å². The lowest BCUT2D eigenvalue weighted by molar-refractivity contribution is -0.133. The van der Waals surface area contributed by atoms with Gasteiger partial charge in [0.15, 0.2) is 0 Å². The molecule has 26 heavy (non-hydrogen) atoms. The highest BCUT2D eigenvalue weighted by Gasteiger charge is 2.41. The van der Waals surface area contributed by atoms with Crippen LogP contribution in [-0.2, 0) is 9.59 Å². The van der Waals surface area contributed by atoms with Gasteiger partial charge in [-0.05, 0) is 24.6 Å². The fourth-order valence-electron chi connectivity index (χ4n) is 3.44. The number of likely N-dealkylation sites (tertiary alicyclic amines) is 1. The van der Waals surface area contributed by atoms with Crippen LogP contribution in [0.5, 0.6) is 11.5 Å². The number of hydrogen-bond donors (Lipinski definition) is 1. The van der Waals surface area contributed by atoms with Crippen molar-refractivity contribution in [1.29, 1.82) is 0 Å². The molecule has 0 saturated carbocycles. The molecule has 0 bridgehead atoms. The van der Waals surface area contributed by atoms with Crippen LogP contribution in [0.15, 0.2) is 18.2 Å². The molecule has 6 nitrogen and oxygen atoms in total. The lowest BCUT2D eigenvalue weighted by Gasteiger charge is -2.21. The van der Waals surface area contributed by atoms with Crippen molar-refractivity contribution in [2.24, 2.45) is 11.8 Å². The highest BCUT2D eigenvalue weighted by atomic mass is 16.5. The molecule has 0 aliphatic carbocycles. The SMILES string of the molecule is CCCNC(=O)[C@@H]1CN(C(=O)C(C)C)C[C@H]1c1cc(OC)ccc1OC. The van der Waals surface area contributed by atoms with Crippen LogP contribution in [0.2, 0.25) is 0 Å². The monoisotopic (exact) mass is 362 g/mol. The van der Waals surface area contributed by atoms with Gasteiger partial charge in [-0.15, -0.1) is 0 Å². The lowest BCUT2D eigenvalue weighted by atomic mass is 9.87. The second-order valence-electron chi connectivity index (χ2n) is 7.01. The summed E-state index contributed by atoms with van der Waals surface area (Å²) in [6.45, 7) is 7.35. The molecule has 1 N–H and O–H groups in total. The first-order valence-electron chi connectivity index (χ1n) is 9.21. The Morgan fingerprint density at radius 3 is 2.54 bits per heavy atom. The molecular weight excluding hydrogens is 332 g/mol. The summed E-state index contributed by atoms with van der Waals surface area (Å²) in [5.41, 5.74) is 0.905. The standard InChI is InChI=1S/C20H30N2O4/c1-6-9-21-19(23)17-12-22(20(24)13(2)3)11-16(17)15-10-14(25-4)7-8-18(15)26-5/h7-8,10,13,16-17H,6,9,11-12H2,1-5H3,(H,21,23)/t16-,17+/m0/s1. The Morgan fingerprint density at radius 1 is 1.23 bits per heavy atom. The van der Waals surface area contributed by atoms with Gasteiger partial charge in [0.1, 0.15) is 11.5 Å². The summed E-state index contributed by atoms with van der Waals surface area (Å²) in [6.07, 6.45) is 0.875. The summed E-state index contributed by atoms with van der Waals surface area (Å²) >= 11 is 0. The van der Waals surface area contributed by atoms with E-state index in [1.807, 2.05) is 39.0 Å². The minimum absolute atomic E-state index is 0.0132. The van der Waals surface area contributed by atoms with Crippen molar-refractivity contribution in [1.82, 2.24) is 10.2 Å². The van der Waals surface area contributed by atoms with Crippen molar-refractivity contribution in [2.75, 3.05) is 33.9 Å². The Hall–Kier alpha value is -2.24. The fourth-order valence-corrected chi connectivity index (χ4v) is 3.44. The third-order valence-corrected chi connectivity index (χ3v) is 4.85. The molecule has 2 atom stereocenters. The Balaban J connectivity index is 2.38. The van der Waals surface area contributed by atoms with Crippen LogP contribution in [-0.4, -0.2) is 50.6 Å². The smallest absolute Gasteiger partial charge is 0.225 e. The van der Waals surface area contributed by atoms with Crippen molar-refractivity contribution in [3.63, 3.8) is 0 Å². The Labute approximate surface area is 155 Å². The number of nitrogens with zero attached hydrogens (tertiary/aromatic N) is 1. The predicted octanol–water partition coefficient (Wildman–Crippen LogP) is 2.43. The van der Waals surface area contributed by atoms with E-state index in [2.05, 4.69) is 5.32 Å². The minimum Gasteiger partial charge on any atom is -0.497 e. The van der Waals surface area contributed by atoms with E-state index in [4.69, 9.17) is 9.47 Å². The molecule has 6 heteroatoms. The number of benzene rings is 1. The Morgan fingerprint density at radius 2 is 1.96 bits per heavy atom. The van der Waals surface area contributed by atoms with Gasteiger partial charge >= 0.3 is 0 Å². The van der Waals surface area contributed by atoms with Crippen molar-refractivity contribution in [2.45, 2.75) is 33.1 Å². The summed E-state index contributed by atoms with van der Waals surface area (Å²) in [5, 5.41) is 2.98. The molecule has 0 unspecified atom stereocenters. The van der Waals surface area contributed by atoms with E-state index >= 15 is 0 Å². The van der Waals surface area contributed by atoms with Crippen molar-refractivity contribution in [3.05, 3.63) is 23.8 Å². The Bertz CT molecular complexity index is 645. The molecule has 0 radical (unpaired) electrons. The molecule has 0 aromatic heterocycles. The largest absolute Gasteiger partial charge is 0.497 e. The van der Waals surface area contributed by atoms with E-state index in [1.54, 1.807) is 19.1 Å². The molecule has 2 rings (SSSR count). The maximum absolute atomic E-state index is 12.8. The highest BCUT2D eigenvalue weighted by molar-refractivity contribution is 5.84. The maximum atomic E-state index is 12.8. The third kappa shape index (κ3) is 4.29. The number of rotatable bonds is 7. The molecular formula is C20H30N2O4.